The van der Waals surface area contributed by atoms with Crippen LogP contribution in [-0.4, -0.2) is 22.0 Å². The topological polar surface area (TPSA) is 69.6 Å². The van der Waals surface area contributed by atoms with E-state index in [1.54, 1.807) is 0 Å². The number of rotatable bonds is 4. The van der Waals surface area contributed by atoms with Gasteiger partial charge < -0.3 is 10.5 Å². The van der Waals surface area contributed by atoms with Crippen LogP contribution >= 0.6 is 0 Å². The highest BCUT2D eigenvalue weighted by Crippen LogP contribution is 2.32. The number of fused-ring (bicyclic) bond motifs is 5. The van der Waals surface area contributed by atoms with Crippen LogP contribution in [0.2, 0.25) is 0 Å². The number of anilines is 1. The lowest BCUT2D eigenvalue weighted by Gasteiger charge is -2.13. The smallest absolute Gasteiger partial charge is 0.342 e. The summed E-state index contributed by atoms with van der Waals surface area (Å²) >= 11 is 0. The molecule has 0 amide bonds. The van der Waals surface area contributed by atoms with Crippen LogP contribution in [0.5, 0.6) is 0 Å². The van der Waals surface area contributed by atoms with Gasteiger partial charge in [-0.05, 0) is 18.6 Å². The molecule has 0 unspecified atom stereocenters. The van der Waals surface area contributed by atoms with Crippen LogP contribution in [-0.2, 0) is 4.74 Å². The Morgan fingerprint density at radius 3 is 2.64 bits per heavy atom. The molecule has 0 aliphatic carbocycles. The fourth-order valence-electron chi connectivity index (χ4n) is 3.19. The van der Waals surface area contributed by atoms with Crippen molar-refractivity contribution in [3.05, 3.63) is 54.1 Å². The molecule has 0 fully saturated rings. The van der Waals surface area contributed by atoms with Crippen LogP contribution in [0.25, 0.3) is 27.5 Å². The molecule has 0 atom stereocenters. The zero-order valence-electron chi connectivity index (χ0n) is 14.0. The number of unbranched alkanes of at least 4 members (excludes halogenated alkanes) is 1. The number of pyridine rings is 1. The molecular weight excluding hydrogens is 314 g/mol. The van der Waals surface area contributed by atoms with Gasteiger partial charge in [0.15, 0.2) is 0 Å². The number of carbonyl (C=O) groups excluding carboxylic acids is 1. The molecule has 126 valence electrons. The Morgan fingerprint density at radius 2 is 1.84 bits per heavy atom. The van der Waals surface area contributed by atoms with Crippen molar-refractivity contribution in [1.82, 2.24) is 9.38 Å². The number of ether oxygens (including phenoxy) is 1. The summed E-state index contributed by atoms with van der Waals surface area (Å²) in [6.45, 7) is 2.45. The lowest BCUT2D eigenvalue weighted by Crippen LogP contribution is -2.13. The van der Waals surface area contributed by atoms with E-state index in [2.05, 4.69) is 6.92 Å². The molecule has 25 heavy (non-hydrogen) atoms. The van der Waals surface area contributed by atoms with Crippen LogP contribution in [0, 0.1) is 0 Å². The Kier molecular flexibility index (Phi) is 3.76. The van der Waals surface area contributed by atoms with E-state index in [9.17, 15) is 4.79 Å². The first kappa shape index (κ1) is 15.4. The zero-order valence-corrected chi connectivity index (χ0v) is 14.0. The molecule has 0 spiro atoms. The van der Waals surface area contributed by atoms with Gasteiger partial charge in [-0.15, -0.1) is 0 Å². The number of nitrogens with two attached hydrogens (primary N) is 1. The molecule has 0 aliphatic rings. The summed E-state index contributed by atoms with van der Waals surface area (Å²) < 4.78 is 7.28. The molecule has 0 radical (unpaired) electrons. The van der Waals surface area contributed by atoms with Crippen molar-refractivity contribution in [2.45, 2.75) is 19.8 Å². The Labute approximate surface area is 145 Å². The summed E-state index contributed by atoms with van der Waals surface area (Å²) in [6, 6.07) is 15.4. The van der Waals surface area contributed by atoms with Crippen LogP contribution in [0.4, 0.5) is 5.82 Å². The fourth-order valence-corrected chi connectivity index (χ4v) is 3.19. The number of imidazole rings is 1. The minimum absolute atomic E-state index is 0.365. The Hall–Kier alpha value is -3.08. The van der Waals surface area contributed by atoms with Gasteiger partial charge in [0.05, 0.1) is 17.6 Å². The first-order valence-electron chi connectivity index (χ1n) is 8.47. The number of hydrogen-bond acceptors (Lipinski definition) is 4. The molecule has 0 saturated heterocycles. The Bertz CT molecular complexity index is 1100. The van der Waals surface area contributed by atoms with Gasteiger partial charge in [0.25, 0.3) is 0 Å². The second kappa shape index (κ2) is 6.09. The second-order valence-corrected chi connectivity index (χ2v) is 6.05. The molecule has 2 aromatic carbocycles. The van der Waals surface area contributed by atoms with E-state index >= 15 is 0 Å². The molecule has 0 bridgehead atoms. The van der Waals surface area contributed by atoms with Crippen molar-refractivity contribution in [2.75, 3.05) is 12.3 Å². The zero-order chi connectivity index (χ0) is 17.4. The third-order valence-electron chi connectivity index (χ3n) is 4.43. The molecule has 0 aliphatic heterocycles. The van der Waals surface area contributed by atoms with Crippen LogP contribution < -0.4 is 5.73 Å². The average Bonchev–Trinajstić information content (AvgIpc) is 3.02. The summed E-state index contributed by atoms with van der Waals surface area (Å²) in [6.07, 6.45) is 1.80. The van der Waals surface area contributed by atoms with Crippen molar-refractivity contribution in [1.29, 1.82) is 0 Å². The maximum absolute atomic E-state index is 12.7. The van der Waals surface area contributed by atoms with Gasteiger partial charge in [-0.3, -0.25) is 4.40 Å². The predicted octanol–water partition coefficient (Wildman–Crippen LogP) is 4.18. The number of benzene rings is 2. The van der Waals surface area contributed by atoms with Crippen molar-refractivity contribution in [3.63, 3.8) is 0 Å². The number of para-hydroxylation sites is 2. The molecule has 4 aromatic rings. The van der Waals surface area contributed by atoms with Gasteiger partial charge >= 0.3 is 5.97 Å². The Morgan fingerprint density at radius 1 is 1.12 bits per heavy atom. The third-order valence-corrected chi connectivity index (χ3v) is 4.43. The number of nitrogen functional groups attached to an aromatic ring is 1. The molecular formula is C20H19N3O2. The van der Waals surface area contributed by atoms with Crippen LogP contribution in [0.15, 0.2) is 48.5 Å². The average molecular weight is 333 g/mol. The van der Waals surface area contributed by atoms with E-state index in [1.807, 2.05) is 52.9 Å². The van der Waals surface area contributed by atoms with E-state index in [0.717, 1.165) is 40.3 Å². The monoisotopic (exact) mass is 333 g/mol. The normalized spacial score (nSPS) is 11.4. The number of aromatic nitrogens is 2. The van der Waals surface area contributed by atoms with Crippen LogP contribution in [0.3, 0.4) is 0 Å². The third kappa shape index (κ3) is 2.39. The molecule has 2 N–H and O–H groups in total. The summed E-state index contributed by atoms with van der Waals surface area (Å²) in [5.74, 6) is -0.0225. The highest BCUT2D eigenvalue weighted by Gasteiger charge is 2.21. The largest absolute Gasteiger partial charge is 0.462 e. The maximum atomic E-state index is 12.7. The maximum Gasteiger partial charge on any atom is 0.342 e. The van der Waals surface area contributed by atoms with Gasteiger partial charge in [0.2, 0.25) is 0 Å². The van der Waals surface area contributed by atoms with Crippen molar-refractivity contribution in [2.24, 2.45) is 0 Å². The number of carbonyl (C=O) groups is 1. The second-order valence-electron chi connectivity index (χ2n) is 6.05. The molecule has 2 heterocycles. The van der Waals surface area contributed by atoms with Crippen LogP contribution in [0.1, 0.15) is 30.1 Å². The van der Waals surface area contributed by atoms with Gasteiger partial charge in [-0.25, -0.2) is 9.78 Å². The van der Waals surface area contributed by atoms with Crippen molar-refractivity contribution >= 4 is 39.2 Å². The fraction of sp³-hybridized carbons (Fsp3) is 0.200. The SMILES string of the molecule is CCCCOC(=O)c1c(N)n2c3ccccc3nc2c2ccccc12. The lowest BCUT2D eigenvalue weighted by molar-refractivity contribution is 0.0503. The molecule has 5 nitrogen and oxygen atoms in total. The highest BCUT2D eigenvalue weighted by atomic mass is 16.5. The summed E-state index contributed by atoms with van der Waals surface area (Å²) in [5.41, 5.74) is 9.30. The first-order chi connectivity index (χ1) is 12.2. The molecule has 2 aromatic heterocycles. The van der Waals surface area contributed by atoms with E-state index < -0.39 is 0 Å². The number of nitrogens with zero attached hydrogens (tertiary/aromatic N) is 2. The Balaban J connectivity index is 2.04. The lowest BCUT2D eigenvalue weighted by atomic mass is 10.1. The van der Waals surface area contributed by atoms with Gasteiger partial charge in [-0.2, -0.15) is 0 Å². The van der Waals surface area contributed by atoms with E-state index in [-0.39, 0.29) is 5.97 Å². The van der Waals surface area contributed by atoms with Gasteiger partial charge in [0, 0.05) is 10.8 Å². The van der Waals surface area contributed by atoms with Crippen molar-refractivity contribution < 1.29 is 9.53 Å². The highest BCUT2D eigenvalue weighted by molar-refractivity contribution is 6.13. The minimum Gasteiger partial charge on any atom is -0.462 e. The molecule has 0 saturated carbocycles. The van der Waals surface area contributed by atoms with Gasteiger partial charge in [-0.1, -0.05) is 49.7 Å². The minimum atomic E-state index is -0.387. The standard InChI is InChI=1S/C20H19N3O2/c1-2-3-12-25-20(24)17-13-8-4-5-9-14(13)19-22-15-10-6-7-11-16(15)23(19)18(17)21/h4-11H,2-3,12,21H2,1H3. The summed E-state index contributed by atoms with van der Waals surface area (Å²) in [5, 5.41) is 1.65. The summed E-state index contributed by atoms with van der Waals surface area (Å²) in [4.78, 5) is 17.4. The number of esters is 1. The molecule has 5 heteroatoms. The van der Waals surface area contributed by atoms with E-state index in [1.165, 1.54) is 0 Å². The quantitative estimate of drug-likeness (QED) is 0.449. The summed E-state index contributed by atoms with van der Waals surface area (Å²) in [7, 11) is 0. The first-order valence-corrected chi connectivity index (χ1v) is 8.47. The predicted molar refractivity (Wildman–Crippen MR) is 99.8 cm³/mol. The van der Waals surface area contributed by atoms with Crippen molar-refractivity contribution in [3.8, 4) is 0 Å². The van der Waals surface area contributed by atoms with Gasteiger partial charge in [0.1, 0.15) is 17.0 Å². The number of hydrogen-bond donors (Lipinski definition) is 1. The van der Waals surface area contributed by atoms with E-state index in [4.69, 9.17) is 15.5 Å². The molecule has 4 rings (SSSR count). The van der Waals surface area contributed by atoms with E-state index in [0.29, 0.717) is 18.0 Å².